The van der Waals surface area contributed by atoms with Gasteiger partial charge in [-0.3, -0.25) is 14.3 Å². The number of hydrogen-bond acceptors (Lipinski definition) is 8. The van der Waals surface area contributed by atoms with Crippen molar-refractivity contribution in [2.75, 3.05) is 19.5 Å². The molecular weight excluding hydrogens is 282 g/mol. The lowest BCUT2D eigenvalue weighted by Crippen LogP contribution is -2.34. The first-order valence-corrected chi connectivity index (χ1v) is 6.14. The lowest BCUT2D eigenvalue weighted by molar-refractivity contribution is -0.0583. The predicted molar refractivity (Wildman–Crippen MR) is 70.4 cm³/mol. The summed E-state index contributed by atoms with van der Waals surface area (Å²) in [6, 6.07) is 0. The number of imidazole rings is 1. The molecule has 1 saturated heterocycles. The summed E-state index contributed by atoms with van der Waals surface area (Å²) < 4.78 is 19.9. The summed E-state index contributed by atoms with van der Waals surface area (Å²) >= 11 is 0. The summed E-state index contributed by atoms with van der Waals surface area (Å²) in [7, 11) is 1.30. The molecule has 4 atom stereocenters. The Labute approximate surface area is 119 Å². The van der Waals surface area contributed by atoms with Crippen LogP contribution in [0.2, 0.25) is 0 Å². The molecule has 0 aliphatic carbocycles. The van der Waals surface area contributed by atoms with Gasteiger partial charge in [0.15, 0.2) is 17.4 Å². The lowest BCUT2D eigenvalue weighted by Gasteiger charge is -2.19. The Morgan fingerprint density at radius 3 is 3.14 bits per heavy atom. The summed E-state index contributed by atoms with van der Waals surface area (Å²) in [4.78, 5) is 22.0. The van der Waals surface area contributed by atoms with Crippen LogP contribution >= 0.6 is 0 Å². The Morgan fingerprint density at radius 1 is 1.71 bits per heavy atom. The van der Waals surface area contributed by atoms with Crippen molar-refractivity contribution in [2.24, 2.45) is 0 Å². The highest BCUT2D eigenvalue weighted by molar-refractivity contribution is 5.70. The van der Waals surface area contributed by atoms with Gasteiger partial charge in [-0.1, -0.05) is 0 Å². The van der Waals surface area contributed by atoms with E-state index < -0.39 is 36.7 Å². The van der Waals surface area contributed by atoms with E-state index in [0.29, 0.717) is 0 Å². The maximum Gasteiger partial charge on any atom is 0.280 e. The zero-order valence-corrected chi connectivity index (χ0v) is 11.1. The SMILES string of the molecule is [2H][C@@]1(O)[C@@H](CO)O[C@@H](n2cnc3c(=O)[nH]c(N)nc32)[C@@H]1OC. The highest BCUT2D eigenvalue weighted by Crippen LogP contribution is 2.32. The normalized spacial score (nSPS) is 33.5. The van der Waals surface area contributed by atoms with E-state index >= 15 is 0 Å². The molecule has 0 spiro atoms. The minimum Gasteiger partial charge on any atom is -0.394 e. The van der Waals surface area contributed by atoms with Crippen molar-refractivity contribution in [3.63, 3.8) is 0 Å². The van der Waals surface area contributed by atoms with Crippen molar-refractivity contribution in [3.05, 3.63) is 16.7 Å². The van der Waals surface area contributed by atoms with Gasteiger partial charge in [-0.15, -0.1) is 0 Å². The van der Waals surface area contributed by atoms with Crippen molar-refractivity contribution in [3.8, 4) is 0 Å². The standard InChI is InChI=1S/C11H15N5O5/c1-20-7-6(18)4(2-17)21-10(7)16-3-13-5-8(16)14-11(12)15-9(5)19/h3-4,6-7,10,17-18H,2H2,1H3,(H3,12,14,15,19)/t4-,6-,7-,10-/m1/s1/i6D. The van der Waals surface area contributed by atoms with E-state index in [-0.39, 0.29) is 17.1 Å². The van der Waals surface area contributed by atoms with Crippen molar-refractivity contribution < 1.29 is 21.1 Å². The highest BCUT2D eigenvalue weighted by atomic mass is 16.6. The van der Waals surface area contributed by atoms with E-state index in [1.807, 2.05) is 0 Å². The Bertz CT molecular complexity index is 759. The van der Waals surface area contributed by atoms with Crippen molar-refractivity contribution in [1.29, 1.82) is 0 Å². The second kappa shape index (κ2) is 5.07. The fraction of sp³-hybridized carbons (Fsp3) is 0.545. The number of methoxy groups -OCH3 is 1. The van der Waals surface area contributed by atoms with Gasteiger partial charge < -0.3 is 25.4 Å². The molecule has 21 heavy (non-hydrogen) atoms. The summed E-state index contributed by atoms with van der Waals surface area (Å²) in [5.41, 5.74) is 5.16. The van der Waals surface area contributed by atoms with E-state index in [9.17, 15) is 15.0 Å². The van der Waals surface area contributed by atoms with Gasteiger partial charge >= 0.3 is 0 Å². The van der Waals surface area contributed by atoms with Crippen LogP contribution in [0.25, 0.3) is 11.2 Å². The summed E-state index contributed by atoms with van der Waals surface area (Å²) in [6.07, 6.45) is -4.19. The van der Waals surface area contributed by atoms with Crippen LogP contribution in [0.4, 0.5) is 5.95 Å². The minimum atomic E-state index is -2.17. The number of nitrogens with zero attached hydrogens (tertiary/aromatic N) is 3. The topological polar surface area (TPSA) is 149 Å². The van der Waals surface area contributed by atoms with Gasteiger partial charge in [-0.05, 0) is 0 Å². The Hall–Kier alpha value is -2.01. The number of fused-ring (bicyclic) bond motifs is 1. The van der Waals surface area contributed by atoms with Crippen LogP contribution in [-0.4, -0.2) is 61.7 Å². The maximum absolute atomic E-state index is 11.8. The third kappa shape index (κ3) is 2.08. The van der Waals surface area contributed by atoms with Gasteiger partial charge in [0.2, 0.25) is 5.95 Å². The maximum atomic E-state index is 11.8. The smallest absolute Gasteiger partial charge is 0.280 e. The molecule has 0 bridgehead atoms. The molecule has 2 aromatic heterocycles. The van der Waals surface area contributed by atoms with E-state index in [1.54, 1.807) is 0 Å². The quantitative estimate of drug-likeness (QED) is 0.507. The Balaban J connectivity index is 2.13. The van der Waals surface area contributed by atoms with Gasteiger partial charge in [-0.25, -0.2) is 4.98 Å². The first-order valence-electron chi connectivity index (χ1n) is 6.64. The molecular formula is C11H15N5O5. The van der Waals surface area contributed by atoms with Crippen molar-refractivity contribution >= 4 is 17.1 Å². The summed E-state index contributed by atoms with van der Waals surface area (Å²) in [5.74, 6) is -0.106. The molecule has 0 amide bonds. The third-order valence-corrected chi connectivity index (χ3v) is 3.33. The van der Waals surface area contributed by atoms with Crippen LogP contribution < -0.4 is 11.3 Å². The van der Waals surface area contributed by atoms with Crippen LogP contribution in [-0.2, 0) is 9.47 Å². The molecule has 3 rings (SSSR count). The fourth-order valence-electron chi connectivity index (χ4n) is 2.35. The van der Waals surface area contributed by atoms with E-state index in [0.717, 1.165) is 0 Å². The monoisotopic (exact) mass is 298 g/mol. The van der Waals surface area contributed by atoms with Crippen molar-refractivity contribution in [1.82, 2.24) is 19.5 Å². The number of aliphatic hydroxyl groups is 2. The van der Waals surface area contributed by atoms with E-state index in [2.05, 4.69) is 15.0 Å². The number of aromatic amines is 1. The van der Waals surface area contributed by atoms with Crippen LogP contribution in [0.15, 0.2) is 11.1 Å². The number of nitrogens with two attached hydrogens (primary N) is 1. The molecule has 0 aromatic carbocycles. The number of hydrogen-bond donors (Lipinski definition) is 4. The van der Waals surface area contributed by atoms with Crippen LogP contribution in [0.3, 0.4) is 0 Å². The third-order valence-electron chi connectivity index (χ3n) is 3.33. The van der Waals surface area contributed by atoms with Gasteiger partial charge in [0.25, 0.3) is 5.56 Å². The van der Waals surface area contributed by atoms with E-state index in [1.165, 1.54) is 18.0 Å². The van der Waals surface area contributed by atoms with Gasteiger partial charge in [0.1, 0.15) is 18.3 Å². The molecule has 5 N–H and O–H groups in total. The average molecular weight is 298 g/mol. The van der Waals surface area contributed by atoms with E-state index in [4.69, 9.17) is 16.6 Å². The molecule has 1 aliphatic rings. The number of H-pyrrole nitrogens is 1. The van der Waals surface area contributed by atoms with Crippen LogP contribution in [0.1, 0.15) is 7.60 Å². The molecule has 3 heterocycles. The molecule has 0 radical (unpaired) electrons. The number of ether oxygens (including phenoxy) is 2. The highest BCUT2D eigenvalue weighted by Gasteiger charge is 2.45. The average Bonchev–Trinajstić information content (AvgIpc) is 2.96. The zero-order valence-electron chi connectivity index (χ0n) is 12.1. The van der Waals surface area contributed by atoms with Gasteiger partial charge in [0.05, 0.1) is 14.3 Å². The molecule has 1 aliphatic heterocycles. The largest absolute Gasteiger partial charge is 0.394 e. The molecule has 10 nitrogen and oxygen atoms in total. The number of rotatable bonds is 3. The van der Waals surface area contributed by atoms with Crippen LogP contribution in [0.5, 0.6) is 0 Å². The predicted octanol–water partition coefficient (Wildman–Crippen LogP) is -2.03. The number of nitrogens with one attached hydrogen (secondary N) is 1. The number of aromatic nitrogens is 4. The molecule has 114 valence electrons. The minimum absolute atomic E-state index is 0.0358. The Kier molecular flexibility index (Phi) is 3.07. The number of nitrogen functional groups attached to an aromatic ring is 1. The van der Waals surface area contributed by atoms with Crippen LogP contribution in [0, 0.1) is 0 Å². The molecule has 10 heteroatoms. The second-order valence-electron chi connectivity index (χ2n) is 4.55. The Morgan fingerprint density at radius 2 is 2.48 bits per heavy atom. The number of anilines is 1. The molecule has 0 saturated carbocycles. The lowest BCUT2D eigenvalue weighted by atomic mass is 10.1. The fourth-order valence-corrected chi connectivity index (χ4v) is 2.35. The van der Waals surface area contributed by atoms with Gasteiger partial charge in [0, 0.05) is 7.11 Å². The molecule has 2 aromatic rings. The summed E-state index contributed by atoms with van der Waals surface area (Å²) in [5, 5.41) is 19.4. The summed E-state index contributed by atoms with van der Waals surface area (Å²) in [6.45, 7) is -0.570. The zero-order chi connectivity index (χ0) is 16.1. The second-order valence-corrected chi connectivity index (χ2v) is 4.55. The molecule has 0 unspecified atom stereocenters. The first kappa shape index (κ1) is 12.7. The van der Waals surface area contributed by atoms with Gasteiger partial charge in [-0.2, -0.15) is 4.98 Å². The first-order chi connectivity index (χ1) is 10.4. The molecule has 1 fully saturated rings. The number of aliphatic hydroxyl groups excluding tert-OH is 1. The van der Waals surface area contributed by atoms with Crippen molar-refractivity contribution in [2.45, 2.75) is 24.5 Å².